The van der Waals surface area contributed by atoms with Crippen molar-refractivity contribution in [1.82, 2.24) is 14.8 Å². The van der Waals surface area contributed by atoms with Crippen molar-refractivity contribution in [2.45, 2.75) is 57.0 Å². The Morgan fingerprint density at radius 1 is 1.06 bits per heavy atom. The summed E-state index contributed by atoms with van der Waals surface area (Å²) in [4.78, 5) is 34.5. The van der Waals surface area contributed by atoms with Gasteiger partial charge in [0, 0.05) is 31.5 Å². The Kier molecular flexibility index (Phi) is 6.94. The van der Waals surface area contributed by atoms with E-state index in [-0.39, 0.29) is 37.1 Å². The molecular formula is C26H31N3O5. The number of rotatable bonds is 5. The van der Waals surface area contributed by atoms with E-state index < -0.39 is 6.10 Å². The third-order valence-electron chi connectivity index (χ3n) is 6.79. The third-order valence-corrected chi connectivity index (χ3v) is 6.79. The van der Waals surface area contributed by atoms with Gasteiger partial charge in [-0.2, -0.15) is 0 Å². The van der Waals surface area contributed by atoms with E-state index in [4.69, 9.17) is 14.2 Å². The van der Waals surface area contributed by atoms with Crippen LogP contribution < -0.4 is 9.47 Å². The number of carbonyl (C=O) groups excluding carboxylic acids is 2. The van der Waals surface area contributed by atoms with E-state index >= 15 is 0 Å². The van der Waals surface area contributed by atoms with Crippen LogP contribution in [-0.4, -0.2) is 71.1 Å². The highest BCUT2D eigenvalue weighted by Gasteiger charge is 2.38. The van der Waals surface area contributed by atoms with Crippen LogP contribution in [0.5, 0.6) is 11.5 Å². The van der Waals surface area contributed by atoms with Gasteiger partial charge in [-0.05, 0) is 36.6 Å². The van der Waals surface area contributed by atoms with Gasteiger partial charge in [-0.1, -0.05) is 37.5 Å². The fourth-order valence-corrected chi connectivity index (χ4v) is 5.00. The number of carbonyl (C=O) groups is 2. The van der Waals surface area contributed by atoms with Crippen molar-refractivity contribution >= 4 is 11.8 Å². The summed E-state index contributed by atoms with van der Waals surface area (Å²) in [5.41, 5.74) is 0.959. The second-order valence-corrected chi connectivity index (χ2v) is 9.22. The van der Waals surface area contributed by atoms with Crippen molar-refractivity contribution in [3.05, 3.63) is 54.4 Å². The number of para-hydroxylation sites is 2. The summed E-state index contributed by atoms with van der Waals surface area (Å²) in [6.45, 7) is 1.34. The van der Waals surface area contributed by atoms with Crippen LogP contribution >= 0.6 is 0 Å². The van der Waals surface area contributed by atoms with Gasteiger partial charge in [0.25, 0.3) is 5.91 Å². The molecular weight excluding hydrogens is 434 g/mol. The third kappa shape index (κ3) is 5.17. The Bertz CT molecular complexity index is 995. The number of hydrogen-bond donors (Lipinski definition) is 0. The Labute approximate surface area is 199 Å². The van der Waals surface area contributed by atoms with E-state index in [1.54, 1.807) is 23.4 Å². The van der Waals surface area contributed by atoms with Crippen molar-refractivity contribution in [3.8, 4) is 11.5 Å². The summed E-state index contributed by atoms with van der Waals surface area (Å²) >= 11 is 0. The predicted octanol–water partition coefficient (Wildman–Crippen LogP) is 2.81. The molecule has 2 atom stereocenters. The largest absolute Gasteiger partial charge is 0.485 e. The lowest BCUT2D eigenvalue weighted by Gasteiger charge is -2.34. The Morgan fingerprint density at radius 3 is 2.68 bits per heavy atom. The van der Waals surface area contributed by atoms with Gasteiger partial charge in [0.05, 0.1) is 19.3 Å². The summed E-state index contributed by atoms with van der Waals surface area (Å²) in [5.74, 6) is 0.897. The molecule has 1 aromatic carbocycles. The normalized spacial score (nSPS) is 23.5. The molecule has 1 saturated heterocycles. The highest BCUT2D eigenvalue weighted by molar-refractivity contribution is 5.88. The summed E-state index contributed by atoms with van der Waals surface area (Å²) < 4.78 is 17.9. The molecule has 180 valence electrons. The van der Waals surface area contributed by atoms with Crippen molar-refractivity contribution < 1.29 is 23.8 Å². The van der Waals surface area contributed by atoms with E-state index in [0.29, 0.717) is 31.2 Å². The molecule has 2 fully saturated rings. The maximum atomic E-state index is 13.4. The Hall–Kier alpha value is -3.13. The van der Waals surface area contributed by atoms with E-state index in [2.05, 4.69) is 4.98 Å². The number of hydrogen-bond acceptors (Lipinski definition) is 6. The molecule has 1 aromatic heterocycles. The van der Waals surface area contributed by atoms with Crippen molar-refractivity contribution in [2.24, 2.45) is 0 Å². The number of benzene rings is 1. The molecule has 2 amide bonds. The Balaban J connectivity index is 1.32. The number of aromatic nitrogens is 1. The first-order valence-electron chi connectivity index (χ1n) is 12.1. The molecule has 1 saturated carbocycles. The lowest BCUT2D eigenvalue weighted by Crippen LogP contribution is -2.50. The molecule has 2 aliphatic heterocycles. The van der Waals surface area contributed by atoms with E-state index in [9.17, 15) is 9.59 Å². The molecule has 0 N–H and O–H groups in total. The van der Waals surface area contributed by atoms with Gasteiger partial charge in [-0.15, -0.1) is 0 Å². The van der Waals surface area contributed by atoms with Gasteiger partial charge in [0.2, 0.25) is 12.0 Å². The summed E-state index contributed by atoms with van der Waals surface area (Å²) in [7, 11) is 0. The van der Waals surface area contributed by atoms with Crippen LogP contribution in [-0.2, 0) is 20.9 Å². The zero-order valence-electron chi connectivity index (χ0n) is 19.3. The van der Waals surface area contributed by atoms with Gasteiger partial charge >= 0.3 is 0 Å². The fraction of sp³-hybridized carbons (Fsp3) is 0.500. The zero-order chi connectivity index (χ0) is 23.3. The zero-order valence-corrected chi connectivity index (χ0v) is 19.3. The quantitative estimate of drug-likeness (QED) is 0.676. The highest BCUT2D eigenvalue weighted by Crippen LogP contribution is 2.32. The first-order valence-corrected chi connectivity index (χ1v) is 12.1. The average molecular weight is 466 g/mol. The monoisotopic (exact) mass is 465 g/mol. The number of amides is 2. The molecule has 3 aliphatic rings. The maximum Gasteiger partial charge on any atom is 0.267 e. The summed E-state index contributed by atoms with van der Waals surface area (Å²) in [6, 6.07) is 11.3. The second-order valence-electron chi connectivity index (χ2n) is 9.22. The molecule has 0 spiro atoms. The topological polar surface area (TPSA) is 81.2 Å². The van der Waals surface area contributed by atoms with Crippen LogP contribution in [0, 0.1) is 0 Å². The predicted molar refractivity (Wildman–Crippen MR) is 124 cm³/mol. The number of fused-ring (bicyclic) bond motifs is 1. The molecule has 3 heterocycles. The van der Waals surface area contributed by atoms with Gasteiger partial charge in [0.1, 0.15) is 6.61 Å². The van der Waals surface area contributed by atoms with Crippen LogP contribution in [0.2, 0.25) is 0 Å². The molecule has 0 bridgehead atoms. The Morgan fingerprint density at radius 2 is 1.88 bits per heavy atom. The molecule has 8 nitrogen and oxygen atoms in total. The summed E-state index contributed by atoms with van der Waals surface area (Å²) in [5, 5.41) is 0. The molecule has 0 radical (unpaired) electrons. The van der Waals surface area contributed by atoms with Crippen molar-refractivity contribution in [2.75, 3.05) is 26.2 Å². The molecule has 8 heteroatoms. The number of ether oxygens (including phenoxy) is 3. The first-order chi connectivity index (χ1) is 16.7. The van der Waals surface area contributed by atoms with E-state index in [0.717, 1.165) is 31.2 Å². The van der Waals surface area contributed by atoms with Crippen molar-refractivity contribution in [1.29, 1.82) is 0 Å². The second kappa shape index (κ2) is 10.4. The smallest absolute Gasteiger partial charge is 0.267 e. The minimum atomic E-state index is -0.789. The SMILES string of the molecule is O=C([C@@H]1COc2ccccc2O1)N1CC(=O)N(C2CCCCC2)C[C@@H](OCc2cccnc2)C1. The van der Waals surface area contributed by atoms with E-state index in [1.165, 1.54) is 6.42 Å². The molecule has 1 aliphatic carbocycles. The van der Waals surface area contributed by atoms with Gasteiger partial charge in [-0.3, -0.25) is 14.6 Å². The van der Waals surface area contributed by atoms with Crippen molar-refractivity contribution in [3.63, 3.8) is 0 Å². The van der Waals surface area contributed by atoms with E-state index in [1.807, 2.05) is 35.2 Å². The fourth-order valence-electron chi connectivity index (χ4n) is 5.00. The van der Waals surface area contributed by atoms with Crippen LogP contribution in [0.25, 0.3) is 0 Å². The van der Waals surface area contributed by atoms with Gasteiger partial charge in [-0.25, -0.2) is 0 Å². The summed E-state index contributed by atoms with van der Waals surface area (Å²) in [6.07, 6.45) is 7.90. The lowest BCUT2D eigenvalue weighted by molar-refractivity contribution is -0.146. The molecule has 5 rings (SSSR count). The first kappa shape index (κ1) is 22.7. The maximum absolute atomic E-state index is 13.4. The molecule has 34 heavy (non-hydrogen) atoms. The van der Waals surface area contributed by atoms with Crippen LogP contribution in [0.3, 0.4) is 0 Å². The minimum absolute atomic E-state index is 0.0233. The standard InChI is InChI=1S/C26H31N3O5/c30-25-16-28(26(31)24-18-33-22-10-4-5-11-23(22)34-24)14-21(32-17-19-7-6-12-27-13-19)15-29(25)20-8-2-1-3-9-20/h4-7,10-13,20-21,24H,1-3,8-9,14-18H2/t21-,24-/m0/s1. The number of nitrogens with zero attached hydrogens (tertiary/aromatic N) is 3. The molecule has 0 unspecified atom stereocenters. The molecule has 2 aromatic rings. The minimum Gasteiger partial charge on any atom is -0.485 e. The van der Waals surface area contributed by atoms with Crippen LogP contribution in [0.4, 0.5) is 0 Å². The van der Waals surface area contributed by atoms with Gasteiger partial charge < -0.3 is 24.0 Å². The van der Waals surface area contributed by atoms with Gasteiger partial charge in [0.15, 0.2) is 11.5 Å². The number of pyridine rings is 1. The highest BCUT2D eigenvalue weighted by atomic mass is 16.6. The lowest BCUT2D eigenvalue weighted by atomic mass is 9.94. The van der Waals surface area contributed by atoms with Crippen LogP contribution in [0.1, 0.15) is 37.7 Å². The average Bonchev–Trinajstić information content (AvgIpc) is 3.06. The van der Waals surface area contributed by atoms with Crippen LogP contribution in [0.15, 0.2) is 48.8 Å².